The molecule has 0 aromatic rings. The average molecular weight is 224 g/mol. The second-order valence-corrected chi connectivity index (χ2v) is 5.89. The van der Waals surface area contributed by atoms with Gasteiger partial charge in [-0.25, -0.2) is 0 Å². The van der Waals surface area contributed by atoms with E-state index in [9.17, 15) is 4.79 Å². The molecule has 0 aromatic carbocycles. The van der Waals surface area contributed by atoms with E-state index in [4.69, 9.17) is 5.73 Å². The van der Waals surface area contributed by atoms with Gasteiger partial charge in [-0.15, -0.1) is 0 Å². The molecule has 1 saturated heterocycles. The van der Waals surface area contributed by atoms with Crippen LogP contribution in [0.15, 0.2) is 12.2 Å². The highest BCUT2D eigenvalue weighted by atomic mass is 16.1. The van der Waals surface area contributed by atoms with Gasteiger partial charge in [0.2, 0.25) is 5.91 Å². The first kappa shape index (κ1) is 13.2. The zero-order chi connectivity index (χ0) is 12.4. The van der Waals surface area contributed by atoms with Crippen LogP contribution >= 0.6 is 0 Å². The molecule has 1 heterocycles. The van der Waals surface area contributed by atoms with E-state index in [1.54, 1.807) is 0 Å². The Bertz CT molecular complexity index is 276. The maximum atomic E-state index is 10.7. The van der Waals surface area contributed by atoms with Crippen LogP contribution in [-0.4, -0.2) is 28.4 Å². The predicted molar refractivity (Wildman–Crippen MR) is 67.0 cm³/mol. The van der Waals surface area contributed by atoms with Gasteiger partial charge < -0.3 is 5.73 Å². The highest BCUT2D eigenvalue weighted by molar-refractivity contribution is 5.85. The minimum Gasteiger partial charge on any atom is -0.366 e. The summed E-state index contributed by atoms with van der Waals surface area (Å²) in [4.78, 5) is 13.1. The molecular weight excluding hydrogens is 200 g/mol. The minimum absolute atomic E-state index is 0.198. The molecule has 0 unspecified atom stereocenters. The monoisotopic (exact) mass is 224 g/mol. The number of amides is 1. The van der Waals surface area contributed by atoms with Gasteiger partial charge in [0.1, 0.15) is 0 Å². The van der Waals surface area contributed by atoms with E-state index in [1.165, 1.54) is 25.3 Å². The Balaban J connectivity index is 2.75. The molecule has 0 bridgehead atoms. The lowest BCUT2D eigenvalue weighted by atomic mass is 9.80. The molecule has 16 heavy (non-hydrogen) atoms. The smallest absolute Gasteiger partial charge is 0.241 e. The van der Waals surface area contributed by atoms with E-state index >= 15 is 0 Å². The molecule has 2 N–H and O–H groups in total. The zero-order valence-corrected chi connectivity index (χ0v) is 10.9. The number of nitrogens with zero attached hydrogens (tertiary/aromatic N) is 1. The molecule has 3 nitrogen and oxygen atoms in total. The Morgan fingerprint density at radius 3 is 2.19 bits per heavy atom. The van der Waals surface area contributed by atoms with E-state index in [0.717, 1.165) is 6.54 Å². The lowest BCUT2D eigenvalue weighted by Crippen LogP contribution is -2.58. The van der Waals surface area contributed by atoms with Gasteiger partial charge in [0.05, 0.1) is 0 Å². The summed E-state index contributed by atoms with van der Waals surface area (Å²) in [6.07, 6.45) is 7.02. The number of piperidine rings is 1. The third-order valence-electron chi connectivity index (χ3n) is 3.61. The number of carbonyl (C=O) groups excluding carboxylic acids is 1. The lowest BCUT2D eigenvalue weighted by molar-refractivity contribution is -0.113. The quantitative estimate of drug-likeness (QED) is 0.746. The van der Waals surface area contributed by atoms with Crippen molar-refractivity contribution in [3.8, 4) is 0 Å². The van der Waals surface area contributed by atoms with Crippen molar-refractivity contribution in [3.05, 3.63) is 12.2 Å². The van der Waals surface area contributed by atoms with E-state index in [1.807, 2.05) is 6.08 Å². The van der Waals surface area contributed by atoms with Gasteiger partial charge in [0, 0.05) is 17.6 Å². The van der Waals surface area contributed by atoms with Gasteiger partial charge in [-0.05, 0) is 53.0 Å². The van der Waals surface area contributed by atoms with E-state index in [0.29, 0.717) is 0 Å². The van der Waals surface area contributed by atoms with Crippen LogP contribution in [0.1, 0.15) is 47.0 Å². The first-order valence-corrected chi connectivity index (χ1v) is 5.99. The predicted octanol–water partition coefficient (Wildman–Crippen LogP) is 2.07. The van der Waals surface area contributed by atoms with Crippen LogP contribution in [0.5, 0.6) is 0 Å². The summed E-state index contributed by atoms with van der Waals surface area (Å²) in [5.41, 5.74) is 5.50. The number of carbonyl (C=O) groups is 1. The molecule has 3 heteroatoms. The van der Waals surface area contributed by atoms with Crippen LogP contribution in [-0.2, 0) is 4.79 Å². The fraction of sp³-hybridized carbons (Fsp3) is 0.769. The van der Waals surface area contributed by atoms with Crippen molar-refractivity contribution in [3.63, 3.8) is 0 Å². The number of hydrogen-bond donors (Lipinski definition) is 1. The van der Waals surface area contributed by atoms with E-state index < -0.39 is 0 Å². The first-order chi connectivity index (χ1) is 7.26. The topological polar surface area (TPSA) is 46.3 Å². The molecule has 92 valence electrons. The standard InChI is InChI=1S/C13H24N2O/c1-12(2)8-6-9-13(3,4)15(12)10-5-7-11(14)16/h5,7H,6,8-10H2,1-4H3,(H2,14,16)/b7-5+. The molecule has 1 rings (SSSR count). The van der Waals surface area contributed by atoms with Gasteiger partial charge in [-0.2, -0.15) is 0 Å². The van der Waals surface area contributed by atoms with Crippen LogP contribution < -0.4 is 5.73 Å². The van der Waals surface area contributed by atoms with Crippen molar-refractivity contribution in [1.82, 2.24) is 4.90 Å². The van der Waals surface area contributed by atoms with Crippen molar-refractivity contribution in [1.29, 1.82) is 0 Å². The molecule has 1 amide bonds. The molecule has 0 aliphatic carbocycles. The van der Waals surface area contributed by atoms with E-state index in [2.05, 4.69) is 32.6 Å². The normalized spacial score (nSPS) is 24.8. The van der Waals surface area contributed by atoms with Crippen molar-refractivity contribution in [2.45, 2.75) is 58.0 Å². The molecule has 0 radical (unpaired) electrons. The Hall–Kier alpha value is -0.830. The largest absolute Gasteiger partial charge is 0.366 e. The van der Waals surface area contributed by atoms with Crippen molar-refractivity contribution >= 4 is 5.91 Å². The minimum atomic E-state index is -0.368. The summed E-state index contributed by atoms with van der Waals surface area (Å²) in [7, 11) is 0. The highest BCUT2D eigenvalue weighted by Crippen LogP contribution is 2.37. The van der Waals surface area contributed by atoms with Crippen molar-refractivity contribution in [2.75, 3.05) is 6.54 Å². The van der Waals surface area contributed by atoms with Gasteiger partial charge >= 0.3 is 0 Å². The maximum Gasteiger partial charge on any atom is 0.241 e. The second kappa shape index (κ2) is 4.58. The van der Waals surface area contributed by atoms with Gasteiger partial charge in [-0.1, -0.05) is 6.08 Å². The zero-order valence-electron chi connectivity index (χ0n) is 10.9. The van der Waals surface area contributed by atoms with Crippen LogP contribution in [0, 0.1) is 0 Å². The fourth-order valence-corrected chi connectivity index (χ4v) is 2.81. The fourth-order valence-electron chi connectivity index (χ4n) is 2.81. The van der Waals surface area contributed by atoms with Gasteiger partial charge in [0.15, 0.2) is 0 Å². The third kappa shape index (κ3) is 3.08. The summed E-state index contributed by atoms with van der Waals surface area (Å²) in [5.74, 6) is -0.368. The van der Waals surface area contributed by atoms with E-state index in [-0.39, 0.29) is 17.0 Å². The Morgan fingerprint density at radius 2 is 1.75 bits per heavy atom. The number of nitrogens with two attached hydrogens (primary N) is 1. The molecule has 1 aliphatic rings. The average Bonchev–Trinajstić information content (AvgIpc) is 2.08. The number of hydrogen-bond acceptors (Lipinski definition) is 2. The summed E-state index contributed by atoms with van der Waals surface area (Å²) in [6, 6.07) is 0. The van der Waals surface area contributed by atoms with Crippen LogP contribution in [0.2, 0.25) is 0 Å². The maximum absolute atomic E-state index is 10.7. The number of rotatable bonds is 3. The third-order valence-corrected chi connectivity index (χ3v) is 3.61. The highest BCUT2D eigenvalue weighted by Gasteiger charge is 2.40. The van der Waals surface area contributed by atoms with Gasteiger partial charge in [0.25, 0.3) is 0 Å². The molecule has 0 saturated carbocycles. The summed E-state index contributed by atoms with van der Waals surface area (Å²) < 4.78 is 0. The Morgan fingerprint density at radius 1 is 1.25 bits per heavy atom. The number of primary amides is 1. The van der Waals surface area contributed by atoms with Crippen molar-refractivity contribution in [2.24, 2.45) is 5.73 Å². The number of likely N-dealkylation sites (tertiary alicyclic amines) is 1. The first-order valence-electron chi connectivity index (χ1n) is 5.99. The van der Waals surface area contributed by atoms with Crippen LogP contribution in [0.25, 0.3) is 0 Å². The summed E-state index contributed by atoms with van der Waals surface area (Å²) in [6.45, 7) is 9.87. The van der Waals surface area contributed by atoms with Gasteiger partial charge in [-0.3, -0.25) is 9.69 Å². The molecule has 1 aliphatic heterocycles. The summed E-state index contributed by atoms with van der Waals surface area (Å²) in [5, 5.41) is 0. The van der Waals surface area contributed by atoms with Crippen LogP contribution in [0.3, 0.4) is 0 Å². The molecule has 0 atom stereocenters. The summed E-state index contributed by atoms with van der Waals surface area (Å²) >= 11 is 0. The lowest BCUT2D eigenvalue weighted by Gasteiger charge is -2.52. The molecular formula is C13H24N2O. The molecule has 0 spiro atoms. The SMILES string of the molecule is CC1(C)CCCC(C)(C)N1C/C=C/C(N)=O. The Kier molecular flexibility index (Phi) is 3.79. The molecule has 0 aromatic heterocycles. The van der Waals surface area contributed by atoms with Crippen LogP contribution in [0.4, 0.5) is 0 Å². The molecule has 1 fully saturated rings. The second-order valence-electron chi connectivity index (χ2n) is 5.89. The Labute approximate surface area is 98.7 Å². The van der Waals surface area contributed by atoms with Crippen molar-refractivity contribution < 1.29 is 4.79 Å².